The zero-order valence-corrected chi connectivity index (χ0v) is 17.8. The van der Waals surface area contributed by atoms with Crippen molar-refractivity contribution in [3.05, 3.63) is 59.7 Å². The van der Waals surface area contributed by atoms with E-state index in [1.165, 1.54) is 22.3 Å². The van der Waals surface area contributed by atoms with E-state index < -0.39 is 12.1 Å². The van der Waals surface area contributed by atoms with Gasteiger partial charge in [0.25, 0.3) is 0 Å². The fraction of sp³-hybridized carbons (Fsp3) is 0.417. The van der Waals surface area contributed by atoms with Crippen LogP contribution < -0.4 is 11.1 Å². The highest BCUT2D eigenvalue weighted by molar-refractivity contribution is 5.81. The number of ether oxygens (including phenoxy) is 1. The summed E-state index contributed by atoms with van der Waals surface area (Å²) >= 11 is 0. The molecule has 0 heterocycles. The minimum Gasteiger partial charge on any atom is -0.449 e. The van der Waals surface area contributed by atoms with Crippen molar-refractivity contribution in [2.45, 2.75) is 38.6 Å². The molecule has 160 valence electrons. The van der Waals surface area contributed by atoms with Crippen LogP contribution in [0.4, 0.5) is 4.79 Å². The Balaban J connectivity index is 1.45. The van der Waals surface area contributed by atoms with E-state index in [2.05, 4.69) is 29.6 Å². The van der Waals surface area contributed by atoms with E-state index in [0.29, 0.717) is 39.1 Å². The number of amides is 2. The van der Waals surface area contributed by atoms with Gasteiger partial charge >= 0.3 is 6.09 Å². The minimum atomic E-state index is -0.533. The third kappa shape index (κ3) is 4.82. The normalized spacial score (nSPS) is 13.3. The van der Waals surface area contributed by atoms with E-state index in [1.807, 2.05) is 38.1 Å². The first-order valence-corrected chi connectivity index (χ1v) is 10.7. The maximum absolute atomic E-state index is 12.2. The molecule has 0 spiro atoms. The van der Waals surface area contributed by atoms with Crippen molar-refractivity contribution in [3.8, 4) is 11.1 Å². The Morgan fingerprint density at radius 1 is 1.03 bits per heavy atom. The summed E-state index contributed by atoms with van der Waals surface area (Å²) in [7, 11) is 0. The van der Waals surface area contributed by atoms with Crippen molar-refractivity contribution in [2.24, 2.45) is 5.73 Å². The Bertz CT molecular complexity index is 834. The summed E-state index contributed by atoms with van der Waals surface area (Å²) in [6.07, 6.45) is 0.706. The second kappa shape index (κ2) is 10.3. The largest absolute Gasteiger partial charge is 0.449 e. The molecule has 3 N–H and O–H groups in total. The van der Waals surface area contributed by atoms with Crippen LogP contribution in [0, 0.1) is 0 Å². The molecule has 2 aromatic rings. The van der Waals surface area contributed by atoms with Gasteiger partial charge in [0.05, 0.1) is 6.04 Å². The molecule has 6 nitrogen and oxygen atoms in total. The van der Waals surface area contributed by atoms with Crippen molar-refractivity contribution < 1.29 is 14.3 Å². The number of alkyl carbamates (subject to hydrolysis) is 1. The van der Waals surface area contributed by atoms with Gasteiger partial charge in [0, 0.05) is 25.6 Å². The summed E-state index contributed by atoms with van der Waals surface area (Å²) in [5.74, 6) is 0.00408. The smallest absolute Gasteiger partial charge is 0.407 e. The molecular formula is C24H31N3O3. The highest BCUT2D eigenvalue weighted by atomic mass is 16.5. The van der Waals surface area contributed by atoms with Crippen LogP contribution in [-0.4, -0.2) is 49.2 Å². The van der Waals surface area contributed by atoms with Gasteiger partial charge < -0.3 is 20.7 Å². The molecule has 0 fully saturated rings. The van der Waals surface area contributed by atoms with Gasteiger partial charge in [0.2, 0.25) is 5.91 Å². The van der Waals surface area contributed by atoms with Gasteiger partial charge in [-0.1, -0.05) is 48.5 Å². The predicted octanol–water partition coefficient (Wildman–Crippen LogP) is 3.50. The lowest BCUT2D eigenvalue weighted by atomic mass is 9.98. The van der Waals surface area contributed by atoms with Gasteiger partial charge in [-0.2, -0.15) is 0 Å². The fourth-order valence-electron chi connectivity index (χ4n) is 4.06. The van der Waals surface area contributed by atoms with E-state index in [-0.39, 0.29) is 11.8 Å². The molecule has 0 aliphatic heterocycles. The Morgan fingerprint density at radius 3 is 2.17 bits per heavy atom. The fourth-order valence-corrected chi connectivity index (χ4v) is 4.06. The number of likely N-dealkylation sites (N-methyl/N-ethyl adjacent to an activating group) is 1. The first-order chi connectivity index (χ1) is 14.6. The van der Waals surface area contributed by atoms with Gasteiger partial charge in [-0.3, -0.25) is 4.79 Å². The summed E-state index contributed by atoms with van der Waals surface area (Å²) < 4.78 is 5.51. The van der Waals surface area contributed by atoms with Crippen molar-refractivity contribution in [1.82, 2.24) is 10.2 Å². The Hall–Kier alpha value is -2.86. The van der Waals surface area contributed by atoms with E-state index in [1.54, 1.807) is 4.90 Å². The monoisotopic (exact) mass is 409 g/mol. The quantitative estimate of drug-likeness (QED) is 0.621. The third-order valence-electron chi connectivity index (χ3n) is 5.70. The minimum absolute atomic E-state index is 0.0406. The molecule has 0 radical (unpaired) electrons. The average molecular weight is 410 g/mol. The Labute approximate surface area is 178 Å². The summed E-state index contributed by atoms with van der Waals surface area (Å²) in [6, 6.07) is 16.0. The number of carbonyl (C=O) groups excluding carboxylic acids is 2. The van der Waals surface area contributed by atoms with Crippen LogP contribution in [0.3, 0.4) is 0 Å². The Kier molecular flexibility index (Phi) is 7.46. The first kappa shape index (κ1) is 21.8. The number of nitrogens with one attached hydrogen (secondary N) is 1. The number of benzene rings is 2. The topological polar surface area (TPSA) is 84.7 Å². The molecule has 0 bridgehead atoms. The molecule has 0 aromatic heterocycles. The summed E-state index contributed by atoms with van der Waals surface area (Å²) in [6.45, 7) is 5.90. The van der Waals surface area contributed by atoms with Crippen LogP contribution in [0.1, 0.15) is 43.7 Å². The van der Waals surface area contributed by atoms with Crippen molar-refractivity contribution in [1.29, 1.82) is 0 Å². The second-order valence-corrected chi connectivity index (χ2v) is 7.51. The van der Waals surface area contributed by atoms with Gasteiger partial charge in [-0.05, 0) is 48.9 Å². The number of rotatable bonds is 9. The molecule has 2 amide bonds. The average Bonchev–Trinajstić information content (AvgIpc) is 3.09. The molecule has 2 aromatic carbocycles. The molecule has 1 aliphatic carbocycles. The number of hydrogen-bond acceptors (Lipinski definition) is 4. The zero-order valence-electron chi connectivity index (χ0n) is 17.8. The molecule has 30 heavy (non-hydrogen) atoms. The number of nitrogens with two attached hydrogens (primary N) is 1. The van der Waals surface area contributed by atoms with Crippen LogP contribution in [-0.2, 0) is 9.53 Å². The van der Waals surface area contributed by atoms with Crippen LogP contribution >= 0.6 is 0 Å². The molecule has 1 atom stereocenters. The Morgan fingerprint density at radius 2 is 1.60 bits per heavy atom. The molecule has 0 saturated heterocycles. The number of hydrogen-bond donors (Lipinski definition) is 2. The van der Waals surface area contributed by atoms with Gasteiger partial charge in [0.1, 0.15) is 6.61 Å². The lowest BCUT2D eigenvalue weighted by Gasteiger charge is -2.22. The third-order valence-corrected chi connectivity index (χ3v) is 5.70. The van der Waals surface area contributed by atoms with E-state index in [0.717, 1.165) is 0 Å². The van der Waals surface area contributed by atoms with Crippen molar-refractivity contribution in [3.63, 3.8) is 0 Å². The lowest BCUT2D eigenvalue weighted by Crippen LogP contribution is -2.43. The zero-order chi connectivity index (χ0) is 21.5. The van der Waals surface area contributed by atoms with Crippen LogP contribution in [0.5, 0.6) is 0 Å². The molecular weight excluding hydrogens is 378 g/mol. The molecule has 6 heteroatoms. The second-order valence-electron chi connectivity index (χ2n) is 7.51. The van der Waals surface area contributed by atoms with Gasteiger partial charge in [-0.15, -0.1) is 0 Å². The first-order valence-electron chi connectivity index (χ1n) is 10.7. The highest BCUT2D eigenvalue weighted by Crippen LogP contribution is 2.44. The molecule has 1 unspecified atom stereocenters. The summed E-state index contributed by atoms with van der Waals surface area (Å²) in [5.41, 5.74) is 10.8. The van der Waals surface area contributed by atoms with E-state index in [9.17, 15) is 9.59 Å². The molecule has 1 aliphatic rings. The maximum atomic E-state index is 12.2. The summed E-state index contributed by atoms with van der Waals surface area (Å²) in [4.78, 5) is 26.1. The maximum Gasteiger partial charge on any atom is 0.407 e. The van der Waals surface area contributed by atoms with Crippen molar-refractivity contribution >= 4 is 12.0 Å². The van der Waals surface area contributed by atoms with Crippen LogP contribution in [0.25, 0.3) is 11.1 Å². The highest BCUT2D eigenvalue weighted by Gasteiger charge is 2.29. The number of fused-ring (bicyclic) bond motifs is 3. The van der Waals surface area contributed by atoms with E-state index >= 15 is 0 Å². The standard InChI is InChI=1S/C24H31N3O3/c1-3-27(4-2)23(28)22(25)14-9-15-26-24(29)30-16-21-19-12-7-5-10-17(19)18-11-6-8-13-20(18)21/h5-8,10-13,21-22H,3-4,9,14-16,25H2,1-2H3,(H,26,29). The number of nitrogens with zero attached hydrogens (tertiary/aromatic N) is 1. The van der Waals surface area contributed by atoms with Crippen LogP contribution in [0.15, 0.2) is 48.5 Å². The predicted molar refractivity (Wildman–Crippen MR) is 118 cm³/mol. The molecule has 0 saturated carbocycles. The van der Waals surface area contributed by atoms with Gasteiger partial charge in [0.15, 0.2) is 0 Å². The summed E-state index contributed by atoms with van der Waals surface area (Å²) in [5, 5.41) is 2.76. The van der Waals surface area contributed by atoms with Crippen molar-refractivity contribution in [2.75, 3.05) is 26.2 Å². The number of carbonyl (C=O) groups is 2. The van der Waals surface area contributed by atoms with E-state index in [4.69, 9.17) is 10.5 Å². The SMILES string of the molecule is CCN(CC)C(=O)C(N)CCCNC(=O)OCC1c2ccccc2-c2ccccc21. The molecule has 3 rings (SSSR count). The lowest BCUT2D eigenvalue weighted by molar-refractivity contribution is -0.132. The van der Waals surface area contributed by atoms with Gasteiger partial charge in [-0.25, -0.2) is 4.79 Å². The van der Waals surface area contributed by atoms with Crippen LogP contribution in [0.2, 0.25) is 0 Å².